The molecule has 0 bridgehead atoms. The largest absolute Gasteiger partial charge is 0.396 e. The summed E-state index contributed by atoms with van der Waals surface area (Å²) in [5.41, 5.74) is 7.00. The predicted octanol–water partition coefficient (Wildman–Crippen LogP) is -2.35. The van der Waals surface area contributed by atoms with Crippen LogP contribution in [0.3, 0.4) is 0 Å². The SMILES string of the molecule is OCCCNC(NCCO)(c1ccccc1)N(NCCO)NCCO. The van der Waals surface area contributed by atoms with Gasteiger partial charge in [0.25, 0.3) is 0 Å². The van der Waals surface area contributed by atoms with Crippen molar-refractivity contribution in [3.63, 3.8) is 0 Å². The van der Waals surface area contributed by atoms with Crippen molar-refractivity contribution in [3.05, 3.63) is 35.9 Å². The van der Waals surface area contributed by atoms with Crippen LogP contribution in [0.5, 0.6) is 0 Å². The van der Waals surface area contributed by atoms with Gasteiger partial charge in [0.1, 0.15) is 0 Å². The minimum Gasteiger partial charge on any atom is -0.396 e. The first-order valence-corrected chi connectivity index (χ1v) is 8.51. The number of aliphatic hydroxyl groups is 4. The lowest BCUT2D eigenvalue weighted by Gasteiger charge is -2.45. The van der Waals surface area contributed by atoms with Crippen LogP contribution in [0.1, 0.15) is 12.0 Å². The first-order valence-electron chi connectivity index (χ1n) is 8.51. The van der Waals surface area contributed by atoms with E-state index in [4.69, 9.17) is 5.11 Å². The van der Waals surface area contributed by atoms with Crippen LogP contribution in [0, 0.1) is 0 Å². The molecule has 1 unspecified atom stereocenters. The van der Waals surface area contributed by atoms with Gasteiger partial charge in [0.15, 0.2) is 5.79 Å². The molecule has 9 heteroatoms. The van der Waals surface area contributed by atoms with Crippen LogP contribution in [-0.2, 0) is 5.79 Å². The van der Waals surface area contributed by atoms with Crippen molar-refractivity contribution in [2.45, 2.75) is 12.2 Å². The third kappa shape index (κ3) is 6.94. The first-order chi connectivity index (χ1) is 12.2. The average Bonchev–Trinajstić information content (AvgIpc) is 2.66. The zero-order chi connectivity index (χ0) is 18.4. The molecule has 0 fully saturated rings. The molecule has 0 aliphatic heterocycles. The molecule has 0 radical (unpaired) electrons. The quantitative estimate of drug-likeness (QED) is 0.0987. The molecule has 0 saturated carbocycles. The highest BCUT2D eigenvalue weighted by Gasteiger charge is 2.38. The number of hydrazine groups is 2. The Hall–Kier alpha value is -1.14. The zero-order valence-corrected chi connectivity index (χ0v) is 14.5. The molecule has 25 heavy (non-hydrogen) atoms. The third-order valence-electron chi connectivity index (χ3n) is 3.50. The molecule has 0 saturated heterocycles. The fourth-order valence-corrected chi connectivity index (χ4v) is 2.44. The fourth-order valence-electron chi connectivity index (χ4n) is 2.44. The minimum absolute atomic E-state index is 0.0476. The van der Waals surface area contributed by atoms with Crippen LogP contribution in [0.2, 0.25) is 0 Å². The monoisotopic (exact) mass is 357 g/mol. The van der Waals surface area contributed by atoms with Crippen LogP contribution in [-0.4, -0.2) is 78.2 Å². The first kappa shape index (κ1) is 21.9. The Labute approximate surface area is 148 Å². The van der Waals surface area contributed by atoms with Gasteiger partial charge >= 0.3 is 0 Å². The van der Waals surface area contributed by atoms with E-state index in [0.29, 0.717) is 19.5 Å². The summed E-state index contributed by atoms with van der Waals surface area (Å²) in [6.45, 7) is 1.22. The Balaban J connectivity index is 3.20. The molecule has 1 aromatic carbocycles. The molecule has 0 heterocycles. The smallest absolute Gasteiger partial charge is 0.179 e. The molecule has 8 N–H and O–H groups in total. The van der Waals surface area contributed by atoms with Crippen molar-refractivity contribution in [2.24, 2.45) is 0 Å². The molecular weight excluding hydrogens is 326 g/mol. The average molecular weight is 357 g/mol. The summed E-state index contributed by atoms with van der Waals surface area (Å²) in [4.78, 5) is 0. The Morgan fingerprint density at radius 1 is 0.720 bits per heavy atom. The van der Waals surface area contributed by atoms with Gasteiger partial charge in [0, 0.05) is 38.3 Å². The molecule has 0 aliphatic rings. The van der Waals surface area contributed by atoms with E-state index in [1.165, 1.54) is 0 Å². The summed E-state index contributed by atoms with van der Waals surface area (Å²) >= 11 is 0. The van der Waals surface area contributed by atoms with E-state index in [-0.39, 0.29) is 39.5 Å². The van der Waals surface area contributed by atoms with Crippen molar-refractivity contribution >= 4 is 0 Å². The lowest BCUT2D eigenvalue weighted by Crippen LogP contribution is -2.73. The summed E-state index contributed by atoms with van der Waals surface area (Å²) in [7, 11) is 0. The second-order valence-electron chi connectivity index (χ2n) is 5.33. The number of hydrogen-bond donors (Lipinski definition) is 8. The molecule has 1 rings (SSSR count). The lowest BCUT2D eigenvalue weighted by atomic mass is 10.1. The number of hydrogen-bond acceptors (Lipinski definition) is 9. The Kier molecular flexibility index (Phi) is 11.5. The normalized spacial score (nSPS) is 14.0. The van der Waals surface area contributed by atoms with Crippen molar-refractivity contribution < 1.29 is 20.4 Å². The van der Waals surface area contributed by atoms with Crippen LogP contribution in [0.4, 0.5) is 0 Å². The number of nitrogens with zero attached hydrogens (tertiary/aromatic N) is 1. The fraction of sp³-hybridized carbons (Fsp3) is 0.625. The summed E-state index contributed by atoms with van der Waals surface area (Å²) in [5, 5.41) is 45.1. The van der Waals surface area contributed by atoms with E-state index >= 15 is 0 Å². The number of rotatable bonds is 15. The third-order valence-corrected chi connectivity index (χ3v) is 3.50. The van der Waals surface area contributed by atoms with Gasteiger partial charge in [-0.2, -0.15) is 0 Å². The second kappa shape index (κ2) is 13.1. The highest BCUT2D eigenvalue weighted by molar-refractivity contribution is 5.23. The van der Waals surface area contributed by atoms with Gasteiger partial charge < -0.3 is 20.4 Å². The van der Waals surface area contributed by atoms with E-state index in [2.05, 4.69) is 21.5 Å². The molecule has 144 valence electrons. The molecule has 0 aromatic heterocycles. The van der Waals surface area contributed by atoms with E-state index < -0.39 is 5.79 Å². The maximum atomic E-state index is 9.31. The minimum atomic E-state index is -0.969. The molecule has 1 atom stereocenters. The van der Waals surface area contributed by atoms with Crippen LogP contribution in [0.25, 0.3) is 0 Å². The van der Waals surface area contributed by atoms with Gasteiger partial charge in [-0.1, -0.05) is 30.3 Å². The summed E-state index contributed by atoms with van der Waals surface area (Å²) in [5.74, 6) is -0.969. The topological polar surface area (TPSA) is 132 Å². The summed E-state index contributed by atoms with van der Waals surface area (Å²) in [6.07, 6.45) is 0.545. The molecular formula is C16H31N5O4. The highest BCUT2D eigenvalue weighted by atomic mass is 16.3. The van der Waals surface area contributed by atoms with Gasteiger partial charge in [-0.25, -0.2) is 10.9 Å². The van der Waals surface area contributed by atoms with Crippen LogP contribution in [0.15, 0.2) is 30.3 Å². The molecule has 1 aromatic rings. The van der Waals surface area contributed by atoms with Crippen molar-refractivity contribution in [1.29, 1.82) is 0 Å². The van der Waals surface area contributed by atoms with Gasteiger partial charge in [-0.3, -0.25) is 10.6 Å². The Bertz CT molecular complexity index is 432. The predicted molar refractivity (Wildman–Crippen MR) is 94.9 cm³/mol. The van der Waals surface area contributed by atoms with Crippen molar-refractivity contribution in [1.82, 2.24) is 26.6 Å². The van der Waals surface area contributed by atoms with Gasteiger partial charge in [0.2, 0.25) is 0 Å². The maximum Gasteiger partial charge on any atom is 0.179 e. The van der Waals surface area contributed by atoms with E-state index in [1.807, 2.05) is 30.3 Å². The Morgan fingerprint density at radius 3 is 1.80 bits per heavy atom. The van der Waals surface area contributed by atoms with Gasteiger partial charge in [-0.05, 0) is 6.42 Å². The number of benzene rings is 1. The summed E-state index contributed by atoms with van der Waals surface area (Å²) < 4.78 is 0. The molecule has 9 nitrogen and oxygen atoms in total. The van der Waals surface area contributed by atoms with Crippen molar-refractivity contribution in [2.75, 3.05) is 52.6 Å². The van der Waals surface area contributed by atoms with Gasteiger partial charge in [-0.15, -0.1) is 5.12 Å². The van der Waals surface area contributed by atoms with Crippen molar-refractivity contribution in [3.8, 4) is 0 Å². The lowest BCUT2D eigenvalue weighted by molar-refractivity contribution is -0.0763. The maximum absolute atomic E-state index is 9.31. The van der Waals surface area contributed by atoms with E-state index in [1.54, 1.807) is 5.12 Å². The number of nitrogens with one attached hydrogen (secondary N) is 4. The standard InChI is InChI=1S/C16H31N5O4/c22-11-4-7-17-16(18-8-12-23,15-5-2-1-3-6-15)21(19-9-13-24)20-10-14-25/h1-3,5-6,17-20,22-25H,4,7-14H2. The number of aliphatic hydroxyl groups excluding tert-OH is 4. The summed E-state index contributed by atoms with van der Waals surface area (Å²) in [6, 6.07) is 9.54. The van der Waals surface area contributed by atoms with Crippen LogP contribution < -0.4 is 21.5 Å². The Morgan fingerprint density at radius 2 is 1.28 bits per heavy atom. The van der Waals surface area contributed by atoms with E-state index in [0.717, 1.165) is 5.56 Å². The highest BCUT2D eigenvalue weighted by Crippen LogP contribution is 2.20. The zero-order valence-electron chi connectivity index (χ0n) is 14.5. The molecule has 0 spiro atoms. The molecule has 0 amide bonds. The second-order valence-corrected chi connectivity index (χ2v) is 5.33. The van der Waals surface area contributed by atoms with E-state index in [9.17, 15) is 15.3 Å². The van der Waals surface area contributed by atoms with Gasteiger partial charge in [0.05, 0.1) is 19.8 Å². The molecule has 0 aliphatic carbocycles. The van der Waals surface area contributed by atoms with Crippen LogP contribution >= 0.6 is 0 Å².